The first-order valence-corrected chi connectivity index (χ1v) is 36.9. The van der Waals surface area contributed by atoms with Crippen molar-refractivity contribution in [2.75, 3.05) is 13.2 Å². The number of allylic oxidation sites excluding steroid dienone is 2. The van der Waals surface area contributed by atoms with E-state index in [1.54, 1.807) is 0 Å². The lowest BCUT2D eigenvalue weighted by molar-refractivity contribution is -0.143. The molecule has 0 fully saturated rings. The van der Waals surface area contributed by atoms with Crippen LogP contribution in [0.15, 0.2) is 12.2 Å². The van der Waals surface area contributed by atoms with Crippen LogP contribution in [0.4, 0.5) is 0 Å². The Morgan fingerprint density at radius 2 is 0.588 bits per heavy atom. The summed E-state index contributed by atoms with van der Waals surface area (Å²) in [5.74, 6) is -0.0258. The smallest absolute Gasteiger partial charge is 0.305 e. The zero-order valence-corrected chi connectivity index (χ0v) is 54.6. The van der Waals surface area contributed by atoms with Crippen molar-refractivity contribution in [3.8, 4) is 0 Å². The maximum absolute atomic E-state index is 12.6. The molecule has 1 amide bonds. The molecule has 0 heterocycles. The van der Waals surface area contributed by atoms with Crippen molar-refractivity contribution < 1.29 is 24.5 Å². The monoisotopic (exact) mass is 1130 g/mol. The molecule has 0 rings (SSSR count). The van der Waals surface area contributed by atoms with E-state index in [0.29, 0.717) is 25.9 Å². The molecule has 80 heavy (non-hydrogen) atoms. The number of hydrogen-bond acceptors (Lipinski definition) is 5. The number of nitrogens with one attached hydrogen (secondary N) is 1. The zero-order valence-electron chi connectivity index (χ0n) is 54.6. The van der Waals surface area contributed by atoms with Crippen LogP contribution >= 0.6 is 0 Å². The quantitative estimate of drug-likeness (QED) is 0.0320. The van der Waals surface area contributed by atoms with Gasteiger partial charge < -0.3 is 20.3 Å². The fourth-order valence-corrected chi connectivity index (χ4v) is 11.9. The van der Waals surface area contributed by atoms with Gasteiger partial charge in [-0.3, -0.25) is 9.59 Å². The van der Waals surface area contributed by atoms with Gasteiger partial charge in [-0.05, 0) is 51.4 Å². The number of unbranched alkanes of at least 4 members (excludes halogenated alkanes) is 57. The highest BCUT2D eigenvalue weighted by Crippen LogP contribution is 2.20. The number of carbonyl (C=O) groups excluding carboxylic acids is 2. The summed E-state index contributed by atoms with van der Waals surface area (Å²) in [4.78, 5) is 24.7. The highest BCUT2D eigenvalue weighted by Gasteiger charge is 2.20. The number of aliphatic hydroxyl groups excluding tert-OH is 2. The Morgan fingerprint density at radius 1 is 0.338 bits per heavy atom. The number of carbonyl (C=O) groups is 2. The third kappa shape index (κ3) is 65.7. The van der Waals surface area contributed by atoms with Gasteiger partial charge in [0, 0.05) is 12.8 Å². The zero-order chi connectivity index (χ0) is 57.8. The molecule has 0 aromatic rings. The topological polar surface area (TPSA) is 95.9 Å². The molecule has 0 aliphatic rings. The Kier molecular flexibility index (Phi) is 68.9. The Bertz CT molecular complexity index is 1210. The second kappa shape index (κ2) is 70.1. The molecular formula is C74H145NO5. The molecule has 0 aromatic heterocycles. The standard InChI is InChI=1S/C74H145NO5/c1-3-5-7-9-11-13-15-17-19-21-23-24-25-26-27-28-31-34-38-42-46-50-54-58-62-66-72(77)71(70-76)75-73(78)67-63-59-55-51-47-43-39-35-32-29-30-33-37-41-45-49-53-57-61-65-69-80-74(79)68-64-60-56-52-48-44-40-36-22-20-18-16-14-12-10-8-6-4-2/h29,32,71-72,76-77H,3-28,30-31,33-70H2,1-2H3,(H,75,78)/b32-29-. The van der Waals surface area contributed by atoms with Crippen molar-refractivity contribution in [2.24, 2.45) is 0 Å². The molecule has 0 radical (unpaired) electrons. The van der Waals surface area contributed by atoms with E-state index < -0.39 is 12.1 Å². The van der Waals surface area contributed by atoms with Crippen LogP contribution in [-0.2, 0) is 14.3 Å². The Balaban J connectivity index is 3.40. The summed E-state index contributed by atoms with van der Waals surface area (Å²) >= 11 is 0. The van der Waals surface area contributed by atoms with Crippen molar-refractivity contribution >= 4 is 11.9 Å². The summed E-state index contributed by atoms with van der Waals surface area (Å²) in [6.07, 6.45) is 86.9. The fraction of sp³-hybridized carbons (Fsp3) is 0.946. The van der Waals surface area contributed by atoms with E-state index >= 15 is 0 Å². The first-order chi connectivity index (χ1) is 39.5. The summed E-state index contributed by atoms with van der Waals surface area (Å²) in [5.41, 5.74) is 0. The van der Waals surface area contributed by atoms with E-state index in [1.807, 2.05) is 0 Å². The minimum Gasteiger partial charge on any atom is -0.466 e. The van der Waals surface area contributed by atoms with E-state index in [0.717, 1.165) is 38.5 Å². The molecule has 6 heteroatoms. The van der Waals surface area contributed by atoms with Crippen LogP contribution in [0.5, 0.6) is 0 Å². The SMILES string of the molecule is CCCCCCCCCCCCCCCCCCCCCCCCCCCC(O)C(CO)NC(=O)CCCCCCCCC/C=C\CCCCCCCCCCCOC(=O)CCCCCCCCCCCCCCCCCCCC. The van der Waals surface area contributed by atoms with Crippen LogP contribution in [0.2, 0.25) is 0 Å². The van der Waals surface area contributed by atoms with Crippen molar-refractivity contribution in [1.82, 2.24) is 5.32 Å². The number of rotatable bonds is 70. The normalized spacial score (nSPS) is 12.5. The van der Waals surface area contributed by atoms with Crippen LogP contribution < -0.4 is 5.32 Å². The van der Waals surface area contributed by atoms with Crippen LogP contribution in [0.3, 0.4) is 0 Å². The summed E-state index contributed by atoms with van der Waals surface area (Å²) in [6, 6.07) is -0.549. The fourth-order valence-electron chi connectivity index (χ4n) is 11.9. The Hall–Kier alpha value is -1.40. The molecule has 3 N–H and O–H groups in total. The molecule has 0 aliphatic heterocycles. The Labute approximate surface area is 501 Å². The predicted molar refractivity (Wildman–Crippen MR) is 352 cm³/mol. The molecule has 0 saturated heterocycles. The van der Waals surface area contributed by atoms with Gasteiger partial charge in [-0.25, -0.2) is 0 Å². The molecule has 0 saturated carbocycles. The van der Waals surface area contributed by atoms with Gasteiger partial charge in [0.25, 0.3) is 0 Å². The number of aliphatic hydroxyl groups is 2. The van der Waals surface area contributed by atoms with Crippen LogP contribution in [0.25, 0.3) is 0 Å². The van der Waals surface area contributed by atoms with Gasteiger partial charge in [-0.1, -0.05) is 373 Å². The van der Waals surface area contributed by atoms with Crippen molar-refractivity contribution in [3.05, 3.63) is 12.2 Å². The van der Waals surface area contributed by atoms with Crippen LogP contribution in [0, 0.1) is 0 Å². The number of hydrogen-bond donors (Lipinski definition) is 3. The molecule has 2 unspecified atom stereocenters. The Morgan fingerprint density at radius 3 is 0.887 bits per heavy atom. The molecule has 0 bridgehead atoms. The molecule has 0 aromatic carbocycles. The van der Waals surface area contributed by atoms with Crippen molar-refractivity contribution in [2.45, 2.75) is 437 Å². The van der Waals surface area contributed by atoms with Gasteiger partial charge in [0.05, 0.1) is 25.4 Å². The minimum atomic E-state index is -0.671. The van der Waals surface area contributed by atoms with Gasteiger partial charge in [-0.15, -0.1) is 0 Å². The predicted octanol–water partition coefficient (Wildman–Crippen LogP) is 23.9. The maximum atomic E-state index is 12.6. The third-order valence-corrected chi connectivity index (χ3v) is 17.6. The number of ether oxygens (including phenoxy) is 1. The molecule has 2 atom stereocenters. The van der Waals surface area contributed by atoms with Crippen LogP contribution in [0.1, 0.15) is 425 Å². The molecule has 0 aliphatic carbocycles. The largest absolute Gasteiger partial charge is 0.466 e. The first kappa shape index (κ1) is 78.6. The number of amides is 1. The summed E-state index contributed by atoms with van der Waals surface area (Å²) in [5, 5.41) is 23.5. The second-order valence-electron chi connectivity index (χ2n) is 25.6. The van der Waals surface area contributed by atoms with E-state index in [4.69, 9.17) is 4.74 Å². The average Bonchev–Trinajstić information content (AvgIpc) is 3.46. The van der Waals surface area contributed by atoms with E-state index in [2.05, 4.69) is 31.3 Å². The van der Waals surface area contributed by atoms with Crippen molar-refractivity contribution in [1.29, 1.82) is 0 Å². The van der Waals surface area contributed by atoms with E-state index in [1.165, 1.54) is 353 Å². The first-order valence-electron chi connectivity index (χ1n) is 36.9. The minimum absolute atomic E-state index is 0.0122. The highest BCUT2D eigenvalue weighted by atomic mass is 16.5. The van der Waals surface area contributed by atoms with Gasteiger partial charge in [0.1, 0.15) is 0 Å². The average molecular weight is 1130 g/mol. The third-order valence-electron chi connectivity index (χ3n) is 17.6. The molecule has 0 spiro atoms. The summed E-state index contributed by atoms with van der Waals surface area (Å²) < 4.78 is 5.51. The molecular weight excluding hydrogens is 983 g/mol. The van der Waals surface area contributed by atoms with Crippen molar-refractivity contribution in [3.63, 3.8) is 0 Å². The molecule has 6 nitrogen and oxygen atoms in total. The summed E-state index contributed by atoms with van der Waals surface area (Å²) in [7, 11) is 0. The number of esters is 1. The van der Waals surface area contributed by atoms with Gasteiger partial charge in [-0.2, -0.15) is 0 Å². The highest BCUT2D eigenvalue weighted by molar-refractivity contribution is 5.76. The van der Waals surface area contributed by atoms with Crippen LogP contribution in [-0.4, -0.2) is 47.4 Å². The second-order valence-corrected chi connectivity index (χ2v) is 25.6. The lowest BCUT2D eigenvalue weighted by atomic mass is 10.0. The van der Waals surface area contributed by atoms with Gasteiger partial charge in [0.15, 0.2) is 0 Å². The van der Waals surface area contributed by atoms with E-state index in [9.17, 15) is 19.8 Å². The lowest BCUT2D eigenvalue weighted by Crippen LogP contribution is -2.45. The van der Waals surface area contributed by atoms with Gasteiger partial charge >= 0.3 is 5.97 Å². The van der Waals surface area contributed by atoms with Gasteiger partial charge in [0.2, 0.25) is 5.91 Å². The molecule has 476 valence electrons. The maximum Gasteiger partial charge on any atom is 0.305 e. The summed E-state index contributed by atoms with van der Waals surface area (Å²) in [6.45, 7) is 5.00. The van der Waals surface area contributed by atoms with E-state index in [-0.39, 0.29) is 18.5 Å². The lowest BCUT2D eigenvalue weighted by Gasteiger charge is -2.22.